The highest BCUT2D eigenvalue weighted by Gasteiger charge is 2.20. The number of benzene rings is 3. The van der Waals surface area contributed by atoms with Gasteiger partial charge in [0.05, 0.1) is 26.1 Å². The van der Waals surface area contributed by atoms with Crippen LogP contribution in [0.15, 0.2) is 48.5 Å². The molecule has 0 aliphatic carbocycles. The average Bonchev–Trinajstić information content (AvgIpc) is 2.72. The van der Waals surface area contributed by atoms with Gasteiger partial charge in [-0.25, -0.2) is 0 Å². The highest BCUT2D eigenvalue weighted by molar-refractivity contribution is 14.1. The summed E-state index contributed by atoms with van der Waals surface area (Å²) < 4.78 is 1.05. The normalized spacial score (nSPS) is 11.6. The fourth-order valence-electron chi connectivity index (χ4n) is 2.77. The third kappa shape index (κ3) is 4.97. The second kappa shape index (κ2) is 9.92. The molecule has 3 rings (SSSR count). The fourth-order valence-corrected chi connectivity index (χ4v) is 5.01. The summed E-state index contributed by atoms with van der Waals surface area (Å²) >= 11 is 22.3. The molecular formula is C21H11Cl3I2N2O2. The summed E-state index contributed by atoms with van der Waals surface area (Å²) in [6.45, 7) is 0. The first-order valence-corrected chi connectivity index (χ1v) is 11.6. The number of rotatable bonds is 4. The molecule has 1 atom stereocenters. The van der Waals surface area contributed by atoms with Crippen molar-refractivity contribution in [2.45, 2.75) is 5.92 Å². The van der Waals surface area contributed by atoms with Crippen LogP contribution in [0.4, 0.5) is 5.69 Å². The molecule has 0 saturated heterocycles. The van der Waals surface area contributed by atoms with Crippen molar-refractivity contribution in [2.24, 2.45) is 0 Å². The molecule has 0 fully saturated rings. The molecule has 0 aliphatic rings. The van der Waals surface area contributed by atoms with Gasteiger partial charge in [0.15, 0.2) is 0 Å². The van der Waals surface area contributed by atoms with Crippen molar-refractivity contribution in [3.8, 4) is 11.8 Å². The number of halogens is 5. The van der Waals surface area contributed by atoms with Crippen molar-refractivity contribution in [3.63, 3.8) is 0 Å². The van der Waals surface area contributed by atoms with Gasteiger partial charge < -0.3 is 10.4 Å². The van der Waals surface area contributed by atoms with Crippen LogP contribution >= 0.6 is 80.0 Å². The Morgan fingerprint density at radius 3 is 2.33 bits per heavy atom. The van der Waals surface area contributed by atoms with Gasteiger partial charge >= 0.3 is 0 Å². The Bertz CT molecular complexity index is 1180. The predicted octanol–water partition coefficient (Wildman–Crippen LogP) is 7.47. The maximum absolute atomic E-state index is 12.7. The van der Waals surface area contributed by atoms with Crippen molar-refractivity contribution in [2.75, 3.05) is 5.32 Å². The Balaban J connectivity index is 1.88. The van der Waals surface area contributed by atoms with E-state index in [4.69, 9.17) is 34.8 Å². The van der Waals surface area contributed by atoms with E-state index in [2.05, 4.69) is 11.4 Å². The molecule has 2 N–H and O–H groups in total. The third-order valence-electron chi connectivity index (χ3n) is 4.28. The molecule has 9 heteroatoms. The topological polar surface area (TPSA) is 73.1 Å². The molecule has 4 nitrogen and oxygen atoms in total. The lowest BCUT2D eigenvalue weighted by atomic mass is 9.92. The van der Waals surface area contributed by atoms with Crippen LogP contribution in [0.2, 0.25) is 15.1 Å². The van der Waals surface area contributed by atoms with Gasteiger partial charge in [-0.15, -0.1) is 0 Å². The number of hydrogen-bond donors (Lipinski definition) is 2. The molecule has 0 aromatic heterocycles. The van der Waals surface area contributed by atoms with Crippen molar-refractivity contribution >= 4 is 91.6 Å². The Kier molecular flexibility index (Phi) is 7.74. The van der Waals surface area contributed by atoms with Gasteiger partial charge in [0.2, 0.25) is 0 Å². The predicted molar refractivity (Wildman–Crippen MR) is 137 cm³/mol. The van der Waals surface area contributed by atoms with E-state index in [0.717, 1.165) is 5.56 Å². The lowest BCUT2D eigenvalue weighted by molar-refractivity contribution is 0.102. The summed E-state index contributed by atoms with van der Waals surface area (Å²) in [6, 6.07) is 15.6. The molecule has 0 radical (unpaired) electrons. The number of nitrogens with zero attached hydrogens (tertiary/aromatic N) is 1. The number of hydrogen-bond acceptors (Lipinski definition) is 3. The Morgan fingerprint density at radius 2 is 1.73 bits per heavy atom. The molecule has 3 aromatic carbocycles. The molecule has 0 spiro atoms. The largest absolute Gasteiger partial charge is 0.506 e. The molecular weight excluding hydrogens is 672 g/mol. The summed E-state index contributed by atoms with van der Waals surface area (Å²) in [5.74, 6) is -1.27. The summed E-state index contributed by atoms with van der Waals surface area (Å²) in [6.07, 6.45) is 0. The molecule has 30 heavy (non-hydrogen) atoms. The second-order valence-electron chi connectivity index (χ2n) is 6.19. The van der Waals surface area contributed by atoms with Crippen molar-refractivity contribution in [3.05, 3.63) is 87.4 Å². The third-order valence-corrected chi connectivity index (χ3v) is 7.79. The second-order valence-corrected chi connectivity index (χ2v) is 9.65. The van der Waals surface area contributed by atoms with Crippen molar-refractivity contribution in [1.82, 2.24) is 0 Å². The first kappa shape index (κ1) is 23.4. The van der Waals surface area contributed by atoms with E-state index in [-0.39, 0.29) is 11.3 Å². The van der Waals surface area contributed by atoms with Crippen LogP contribution in [0, 0.1) is 18.5 Å². The Hall–Kier alpha value is -1.25. The lowest BCUT2D eigenvalue weighted by Gasteiger charge is -2.14. The monoisotopic (exact) mass is 682 g/mol. The van der Waals surface area contributed by atoms with Gasteiger partial charge in [-0.1, -0.05) is 53.0 Å². The van der Waals surface area contributed by atoms with E-state index in [1.807, 2.05) is 45.2 Å². The highest BCUT2D eigenvalue weighted by Crippen LogP contribution is 2.36. The number of phenols is 1. The van der Waals surface area contributed by atoms with Gasteiger partial charge in [0.25, 0.3) is 5.91 Å². The van der Waals surface area contributed by atoms with Gasteiger partial charge in [-0.2, -0.15) is 5.26 Å². The standard InChI is InChI=1S/C21H11Cl3I2N2O2/c22-11-3-1-10(2-4-11)15(9-27)13-6-5-12(7-16(13)23)28-21(30)14-8-17(25)18(24)19(26)20(14)29/h1-8,15,29H,(H,28,30). The smallest absolute Gasteiger partial charge is 0.259 e. The quantitative estimate of drug-likeness (QED) is 0.222. The summed E-state index contributed by atoms with van der Waals surface area (Å²) in [5, 5.41) is 23.9. The van der Waals surface area contributed by atoms with Gasteiger partial charge in [-0.05, 0) is 86.6 Å². The molecule has 152 valence electrons. The molecule has 0 aliphatic heterocycles. The first-order valence-electron chi connectivity index (χ1n) is 8.35. The lowest BCUT2D eigenvalue weighted by Crippen LogP contribution is -2.13. The zero-order valence-electron chi connectivity index (χ0n) is 14.9. The summed E-state index contributed by atoms with van der Waals surface area (Å²) in [4.78, 5) is 12.7. The summed E-state index contributed by atoms with van der Waals surface area (Å²) in [7, 11) is 0. The molecule has 3 aromatic rings. The first-order chi connectivity index (χ1) is 14.2. The van der Waals surface area contributed by atoms with E-state index in [0.29, 0.717) is 33.5 Å². The number of nitrogens with one attached hydrogen (secondary N) is 1. The van der Waals surface area contributed by atoms with E-state index in [9.17, 15) is 15.2 Å². The minimum Gasteiger partial charge on any atom is -0.506 e. The molecule has 1 unspecified atom stereocenters. The zero-order valence-corrected chi connectivity index (χ0v) is 21.5. The van der Waals surface area contributed by atoms with Crippen LogP contribution in [0.5, 0.6) is 5.75 Å². The molecule has 0 bridgehead atoms. The Morgan fingerprint density at radius 1 is 1.07 bits per heavy atom. The van der Waals surface area contributed by atoms with Crippen LogP contribution in [0.25, 0.3) is 0 Å². The number of nitriles is 1. The minimum absolute atomic E-state index is 0.101. The molecule has 1 amide bonds. The maximum atomic E-state index is 12.7. The van der Waals surface area contributed by atoms with Crippen molar-refractivity contribution < 1.29 is 9.90 Å². The van der Waals surface area contributed by atoms with Crippen LogP contribution < -0.4 is 5.32 Å². The molecule has 0 heterocycles. The number of carbonyl (C=O) groups is 1. The number of carbonyl (C=O) groups excluding carboxylic acids is 1. The van der Waals surface area contributed by atoms with Crippen LogP contribution in [-0.2, 0) is 0 Å². The van der Waals surface area contributed by atoms with Crippen LogP contribution in [0.1, 0.15) is 27.4 Å². The number of aromatic hydroxyl groups is 1. The summed E-state index contributed by atoms with van der Waals surface area (Å²) in [5.41, 5.74) is 1.90. The van der Waals surface area contributed by atoms with Crippen LogP contribution in [0.3, 0.4) is 0 Å². The van der Waals surface area contributed by atoms with Gasteiger partial charge in [0, 0.05) is 19.3 Å². The van der Waals surface area contributed by atoms with Gasteiger partial charge in [-0.3, -0.25) is 4.79 Å². The zero-order chi connectivity index (χ0) is 22.0. The van der Waals surface area contributed by atoms with E-state index >= 15 is 0 Å². The average molecular weight is 683 g/mol. The van der Waals surface area contributed by atoms with Crippen LogP contribution in [-0.4, -0.2) is 11.0 Å². The number of amides is 1. The SMILES string of the molecule is N#CC(c1ccc(Cl)cc1)c1ccc(NC(=O)c2cc(I)c(Cl)c(I)c2O)cc1Cl. The minimum atomic E-state index is -0.581. The van der Waals surface area contributed by atoms with E-state index in [1.54, 1.807) is 42.5 Å². The van der Waals surface area contributed by atoms with Gasteiger partial charge in [0.1, 0.15) is 5.75 Å². The number of phenolic OH excluding ortho intramolecular Hbond substituents is 1. The number of anilines is 1. The molecule has 0 saturated carbocycles. The Labute approximate surface area is 215 Å². The van der Waals surface area contributed by atoms with E-state index < -0.39 is 11.8 Å². The highest BCUT2D eigenvalue weighted by atomic mass is 127. The maximum Gasteiger partial charge on any atom is 0.259 e. The fraction of sp³-hybridized carbons (Fsp3) is 0.0476. The van der Waals surface area contributed by atoms with E-state index in [1.165, 1.54) is 6.07 Å². The van der Waals surface area contributed by atoms with Crippen molar-refractivity contribution in [1.29, 1.82) is 5.26 Å².